The summed E-state index contributed by atoms with van der Waals surface area (Å²) < 4.78 is 1.19. The number of carbonyl (C=O) groups is 2. The number of aromatic nitrogens is 2. The zero-order valence-electron chi connectivity index (χ0n) is 13.1. The third kappa shape index (κ3) is 4.32. The fourth-order valence-electron chi connectivity index (χ4n) is 2.26. The van der Waals surface area contributed by atoms with Crippen molar-refractivity contribution < 1.29 is 71.2 Å². The van der Waals surface area contributed by atoms with Crippen LogP contribution in [0.3, 0.4) is 0 Å². The van der Waals surface area contributed by atoms with Crippen LogP contribution < -0.4 is 61.9 Å². The molecule has 0 bridgehead atoms. The summed E-state index contributed by atoms with van der Waals surface area (Å²) in [6.07, 6.45) is -0.349. The number of carboxylic acids is 2. The molecule has 0 aliphatic heterocycles. The van der Waals surface area contributed by atoms with Crippen LogP contribution in [-0.4, -0.2) is 26.8 Å². The molecule has 1 aromatic heterocycles. The van der Waals surface area contributed by atoms with Crippen LogP contribution in [0, 0.1) is 0 Å². The predicted octanol–water partition coefficient (Wildman–Crippen LogP) is -2.56. The molecule has 0 aliphatic carbocycles. The first-order valence-electron chi connectivity index (χ1n) is 6.70. The van der Waals surface area contributed by atoms with E-state index in [9.17, 15) is 19.5 Å². The monoisotopic (exact) mass is 374 g/mol. The first kappa shape index (κ1) is 21.0. The molecule has 9 heteroatoms. The van der Waals surface area contributed by atoms with Crippen molar-refractivity contribution in [2.24, 2.45) is 0 Å². The van der Waals surface area contributed by atoms with Crippen LogP contribution in [0.25, 0.3) is 5.69 Å². The third-order valence-electron chi connectivity index (χ3n) is 3.23. The number of carbonyl (C=O) groups excluding carboxylic acids is 1. The zero-order valence-corrected chi connectivity index (χ0v) is 17.0. The van der Waals surface area contributed by atoms with E-state index >= 15 is 0 Å². The van der Waals surface area contributed by atoms with Gasteiger partial charge in [0.05, 0.1) is 28.8 Å². The van der Waals surface area contributed by atoms with Gasteiger partial charge in [-0.1, -0.05) is 30.7 Å². The van der Waals surface area contributed by atoms with Gasteiger partial charge in [-0.05, 0) is 18.6 Å². The number of aliphatic carboxylic acids is 1. The molecule has 24 heavy (non-hydrogen) atoms. The molecule has 2 rings (SSSR count). The van der Waals surface area contributed by atoms with Crippen LogP contribution in [-0.2, 0) is 17.6 Å². The Morgan fingerprint density at radius 2 is 1.96 bits per heavy atom. The molecule has 0 saturated heterocycles. The molecule has 0 spiro atoms. The molecule has 1 aromatic carbocycles. The van der Waals surface area contributed by atoms with E-state index in [0.717, 1.165) is 0 Å². The van der Waals surface area contributed by atoms with Gasteiger partial charge in [-0.15, -0.1) is 0 Å². The second-order valence-electron chi connectivity index (χ2n) is 4.68. The number of carboxylic acid groups (broad SMARTS) is 2. The van der Waals surface area contributed by atoms with Gasteiger partial charge in [0.15, 0.2) is 5.69 Å². The molecule has 7 nitrogen and oxygen atoms in total. The molecule has 0 atom stereocenters. The second kappa shape index (κ2) is 8.89. The van der Waals surface area contributed by atoms with Crippen LogP contribution in [0.15, 0.2) is 29.1 Å². The largest absolute Gasteiger partial charge is 1.00 e. The zero-order chi connectivity index (χ0) is 17.1. The number of hydrogen-bond donors (Lipinski definition) is 1. The Bertz CT molecular complexity index is 850. The number of rotatable bonds is 5. The van der Waals surface area contributed by atoms with Crippen LogP contribution in [0.2, 0.25) is 5.02 Å². The van der Waals surface area contributed by atoms with Gasteiger partial charge >= 0.3 is 57.4 Å². The van der Waals surface area contributed by atoms with Gasteiger partial charge in [0.25, 0.3) is 0 Å². The van der Waals surface area contributed by atoms with Crippen molar-refractivity contribution in [2.75, 3.05) is 0 Å². The molecule has 0 aliphatic rings. The fourth-order valence-corrected chi connectivity index (χ4v) is 2.48. The summed E-state index contributed by atoms with van der Waals surface area (Å²) in [5, 5.41) is 24.2. The Morgan fingerprint density at radius 3 is 2.46 bits per heavy atom. The first-order valence-corrected chi connectivity index (χ1v) is 7.07. The van der Waals surface area contributed by atoms with Crippen molar-refractivity contribution in [3.8, 4) is 5.69 Å². The van der Waals surface area contributed by atoms with E-state index in [1.165, 1.54) is 4.68 Å². The van der Waals surface area contributed by atoms with Gasteiger partial charge in [-0.25, -0.2) is 4.68 Å². The first-order chi connectivity index (χ1) is 10.9. The molecule has 2 aromatic rings. The molecule has 0 radical (unpaired) electrons. The Balaban J connectivity index is 0.00000288. The van der Waals surface area contributed by atoms with Gasteiger partial charge in [0, 0.05) is 5.56 Å². The van der Waals surface area contributed by atoms with E-state index in [4.69, 9.17) is 16.7 Å². The molecule has 1 heterocycles. The summed E-state index contributed by atoms with van der Waals surface area (Å²) in [6, 6.07) is 6.50. The molecule has 0 fully saturated rings. The summed E-state index contributed by atoms with van der Waals surface area (Å²) >= 11 is 6.10. The van der Waals surface area contributed by atoms with E-state index < -0.39 is 29.5 Å². The Kier molecular flexibility index (Phi) is 7.78. The molecule has 0 amide bonds. The Hall–Kier alpha value is -1.03. The SMILES string of the molecule is CCc1c(CC(=O)O)c(=O)c(C(=O)[O-])nn1-c1ccccc1Cl.[K+]. The Labute approximate surface area is 184 Å². The normalized spacial score (nSPS) is 10.1. The van der Waals surface area contributed by atoms with Gasteiger partial charge in [0.1, 0.15) is 0 Å². The van der Waals surface area contributed by atoms with Crippen LogP contribution in [0.4, 0.5) is 0 Å². The number of para-hydroxylation sites is 1. The summed E-state index contributed by atoms with van der Waals surface area (Å²) in [5.74, 6) is -3.02. The molecule has 1 N–H and O–H groups in total. The minimum absolute atomic E-state index is 0. The van der Waals surface area contributed by atoms with E-state index in [-0.39, 0.29) is 74.1 Å². The van der Waals surface area contributed by atoms with Crippen molar-refractivity contribution >= 4 is 23.5 Å². The van der Waals surface area contributed by atoms with Crippen molar-refractivity contribution in [1.29, 1.82) is 0 Å². The van der Waals surface area contributed by atoms with Crippen molar-refractivity contribution in [3.63, 3.8) is 0 Å². The molecular weight excluding hydrogens is 363 g/mol. The summed E-state index contributed by atoms with van der Waals surface area (Å²) in [4.78, 5) is 34.4. The predicted molar refractivity (Wildman–Crippen MR) is 79.9 cm³/mol. The fraction of sp³-hybridized carbons (Fsp3) is 0.200. The molecular formula is C15H12ClKN2O5. The third-order valence-corrected chi connectivity index (χ3v) is 3.55. The second-order valence-corrected chi connectivity index (χ2v) is 5.08. The quantitative estimate of drug-likeness (QED) is 0.576. The maximum Gasteiger partial charge on any atom is 1.00 e. The smallest absolute Gasteiger partial charge is 0.543 e. The summed E-state index contributed by atoms with van der Waals surface area (Å²) in [6.45, 7) is 1.70. The van der Waals surface area contributed by atoms with Gasteiger partial charge in [0.2, 0.25) is 5.43 Å². The average molecular weight is 375 g/mol. The number of hydrogen-bond acceptors (Lipinski definition) is 5. The molecule has 0 saturated carbocycles. The molecule has 120 valence electrons. The van der Waals surface area contributed by atoms with Gasteiger partial charge < -0.3 is 15.0 Å². The van der Waals surface area contributed by atoms with Gasteiger partial charge in [-0.3, -0.25) is 9.59 Å². The maximum absolute atomic E-state index is 12.2. The van der Waals surface area contributed by atoms with Crippen molar-refractivity contribution in [2.45, 2.75) is 19.8 Å². The maximum atomic E-state index is 12.2. The van der Waals surface area contributed by atoms with E-state index in [1.54, 1.807) is 31.2 Å². The number of halogens is 1. The topological polar surface area (TPSA) is 112 Å². The minimum Gasteiger partial charge on any atom is -0.543 e. The van der Waals surface area contributed by atoms with Gasteiger partial charge in [-0.2, -0.15) is 5.10 Å². The van der Waals surface area contributed by atoms with Crippen molar-refractivity contribution in [1.82, 2.24) is 9.78 Å². The van der Waals surface area contributed by atoms with E-state index in [2.05, 4.69) is 5.10 Å². The number of benzene rings is 1. The van der Waals surface area contributed by atoms with Crippen LogP contribution in [0.5, 0.6) is 0 Å². The minimum atomic E-state index is -1.77. The van der Waals surface area contributed by atoms with Crippen LogP contribution >= 0.6 is 11.6 Å². The van der Waals surface area contributed by atoms with Crippen molar-refractivity contribution in [3.05, 3.63) is 56.5 Å². The standard InChI is InChI=1S/C15H13ClN2O5.K/c1-2-10-8(7-12(19)20)14(21)13(15(22)23)17-18(10)11-6-4-3-5-9(11)16;/h3-6H,2,7H2,1H3,(H,19,20)(H,22,23);/q;+1/p-1. The Morgan fingerprint density at radius 1 is 1.33 bits per heavy atom. The van der Waals surface area contributed by atoms with E-state index in [1.807, 2.05) is 0 Å². The van der Waals surface area contributed by atoms with E-state index in [0.29, 0.717) is 5.69 Å². The average Bonchev–Trinajstić information content (AvgIpc) is 2.49. The van der Waals surface area contributed by atoms with Crippen LogP contribution in [0.1, 0.15) is 28.7 Å². The summed E-state index contributed by atoms with van der Waals surface area (Å²) in [7, 11) is 0. The number of aromatic carboxylic acids is 1. The summed E-state index contributed by atoms with van der Waals surface area (Å²) in [5.41, 5.74) is -1.31. The molecule has 0 unspecified atom stereocenters. The number of nitrogens with zero attached hydrogens (tertiary/aromatic N) is 2.